The Morgan fingerprint density at radius 1 is 1.25 bits per heavy atom. The molecule has 0 spiro atoms. The molecule has 0 amide bonds. The maximum absolute atomic E-state index is 5.84. The van der Waals surface area contributed by atoms with Crippen LogP contribution >= 0.6 is 0 Å². The number of nitrogens with zero attached hydrogens (tertiary/aromatic N) is 2. The molecule has 4 nitrogen and oxygen atoms in total. The highest BCUT2D eigenvalue weighted by Gasteiger charge is 2.17. The lowest BCUT2D eigenvalue weighted by Crippen LogP contribution is -2.23. The Labute approximate surface area is 123 Å². The Hall–Kier alpha value is -1.32. The molecule has 3 N–H and O–H groups in total. The maximum Gasteiger partial charge on any atom is 0.135 e. The lowest BCUT2D eigenvalue weighted by atomic mass is 9.87. The van der Waals surface area contributed by atoms with E-state index in [2.05, 4.69) is 49.9 Å². The van der Waals surface area contributed by atoms with Gasteiger partial charge in [-0.1, -0.05) is 53.9 Å². The van der Waals surface area contributed by atoms with Crippen LogP contribution in [-0.4, -0.2) is 16.5 Å². The van der Waals surface area contributed by atoms with Gasteiger partial charge >= 0.3 is 0 Å². The molecular weight excluding hydrogens is 248 g/mol. The molecule has 1 aromatic heterocycles. The Morgan fingerprint density at radius 2 is 1.95 bits per heavy atom. The molecule has 0 aliphatic heterocycles. The monoisotopic (exact) mass is 278 g/mol. The molecule has 1 heterocycles. The van der Waals surface area contributed by atoms with Crippen LogP contribution in [0.2, 0.25) is 0 Å². The van der Waals surface area contributed by atoms with Crippen LogP contribution in [0.1, 0.15) is 72.0 Å². The lowest BCUT2D eigenvalue weighted by molar-refractivity contribution is 0.342. The summed E-state index contributed by atoms with van der Waals surface area (Å²) in [7, 11) is 0. The van der Waals surface area contributed by atoms with Crippen LogP contribution < -0.4 is 11.1 Å². The normalized spacial score (nSPS) is 11.9. The number of nitrogen functional groups attached to an aromatic ring is 1. The van der Waals surface area contributed by atoms with Crippen molar-refractivity contribution in [2.45, 2.75) is 66.2 Å². The zero-order valence-corrected chi connectivity index (χ0v) is 13.7. The molecule has 0 saturated heterocycles. The predicted octanol–water partition coefficient (Wildman–Crippen LogP) is 4.20. The molecule has 20 heavy (non-hydrogen) atoms. The molecular formula is C16H30N4. The highest BCUT2D eigenvalue weighted by molar-refractivity contribution is 5.45. The number of nitrogens with one attached hydrogen (secondary N) is 1. The van der Waals surface area contributed by atoms with Gasteiger partial charge in [-0.25, -0.2) is 9.97 Å². The van der Waals surface area contributed by atoms with Crippen LogP contribution in [-0.2, 0) is 0 Å². The Balaban J connectivity index is 2.60. The van der Waals surface area contributed by atoms with Crippen molar-refractivity contribution < 1.29 is 0 Å². The van der Waals surface area contributed by atoms with Gasteiger partial charge < -0.3 is 11.1 Å². The average Bonchev–Trinajstić information content (AvgIpc) is 2.36. The molecule has 4 heteroatoms. The first-order chi connectivity index (χ1) is 9.34. The van der Waals surface area contributed by atoms with Crippen molar-refractivity contribution >= 4 is 11.6 Å². The van der Waals surface area contributed by atoms with Crippen molar-refractivity contribution in [3.05, 3.63) is 11.9 Å². The SMILES string of the molecule is CCCCCC(C)(C)CNc1cc(N)nc(C(C)C)n1. The van der Waals surface area contributed by atoms with Gasteiger partial charge in [0.05, 0.1) is 0 Å². The molecule has 1 aromatic rings. The summed E-state index contributed by atoms with van der Waals surface area (Å²) in [6, 6.07) is 1.81. The van der Waals surface area contributed by atoms with Crippen LogP contribution in [0, 0.1) is 5.41 Å². The van der Waals surface area contributed by atoms with Gasteiger partial charge in [0.2, 0.25) is 0 Å². The fourth-order valence-electron chi connectivity index (χ4n) is 2.11. The van der Waals surface area contributed by atoms with Crippen molar-refractivity contribution in [2.24, 2.45) is 5.41 Å². The fourth-order valence-corrected chi connectivity index (χ4v) is 2.11. The van der Waals surface area contributed by atoms with Gasteiger partial charge in [-0.15, -0.1) is 0 Å². The largest absolute Gasteiger partial charge is 0.384 e. The van der Waals surface area contributed by atoms with Crippen molar-refractivity contribution in [2.75, 3.05) is 17.6 Å². The first kappa shape index (κ1) is 16.7. The van der Waals surface area contributed by atoms with Gasteiger partial charge in [-0.3, -0.25) is 0 Å². The maximum atomic E-state index is 5.84. The van der Waals surface area contributed by atoms with E-state index in [4.69, 9.17) is 5.73 Å². The summed E-state index contributed by atoms with van der Waals surface area (Å²) in [6.07, 6.45) is 5.09. The molecule has 0 radical (unpaired) electrons. The van der Waals surface area contributed by atoms with Crippen molar-refractivity contribution in [1.82, 2.24) is 9.97 Å². The van der Waals surface area contributed by atoms with Gasteiger partial charge in [-0.05, 0) is 11.8 Å². The third kappa shape index (κ3) is 5.76. The molecule has 0 atom stereocenters. The van der Waals surface area contributed by atoms with E-state index in [1.807, 2.05) is 6.07 Å². The Bertz CT molecular complexity index is 413. The molecule has 0 unspecified atom stereocenters. The number of anilines is 2. The minimum Gasteiger partial charge on any atom is -0.384 e. The number of aromatic nitrogens is 2. The molecule has 0 saturated carbocycles. The first-order valence-corrected chi connectivity index (χ1v) is 7.72. The summed E-state index contributed by atoms with van der Waals surface area (Å²) in [4.78, 5) is 8.80. The topological polar surface area (TPSA) is 63.8 Å². The number of nitrogens with two attached hydrogens (primary N) is 1. The molecule has 0 aliphatic rings. The van der Waals surface area contributed by atoms with Gasteiger partial charge in [0.1, 0.15) is 17.5 Å². The summed E-state index contributed by atoms with van der Waals surface area (Å²) < 4.78 is 0. The van der Waals surface area contributed by atoms with Crippen molar-refractivity contribution in [1.29, 1.82) is 0 Å². The van der Waals surface area contributed by atoms with E-state index in [0.29, 0.717) is 5.82 Å². The van der Waals surface area contributed by atoms with E-state index in [1.54, 1.807) is 0 Å². The molecule has 0 fully saturated rings. The second-order valence-corrected chi connectivity index (χ2v) is 6.67. The number of rotatable bonds is 8. The molecule has 114 valence electrons. The third-order valence-corrected chi connectivity index (χ3v) is 3.48. The third-order valence-electron chi connectivity index (χ3n) is 3.48. The zero-order chi connectivity index (χ0) is 15.2. The summed E-state index contributed by atoms with van der Waals surface area (Å²) in [5.41, 5.74) is 6.11. The molecule has 1 rings (SSSR count). The first-order valence-electron chi connectivity index (χ1n) is 7.72. The number of unbranched alkanes of at least 4 members (excludes halogenated alkanes) is 2. The Morgan fingerprint density at radius 3 is 2.55 bits per heavy atom. The van der Waals surface area contributed by atoms with Crippen LogP contribution in [0.15, 0.2) is 6.07 Å². The predicted molar refractivity (Wildman–Crippen MR) is 86.9 cm³/mol. The zero-order valence-electron chi connectivity index (χ0n) is 13.7. The van der Waals surface area contributed by atoms with E-state index in [-0.39, 0.29) is 11.3 Å². The second-order valence-electron chi connectivity index (χ2n) is 6.67. The highest BCUT2D eigenvalue weighted by Crippen LogP contribution is 2.24. The van der Waals surface area contributed by atoms with E-state index < -0.39 is 0 Å². The average molecular weight is 278 g/mol. The van der Waals surface area contributed by atoms with Gasteiger partial charge in [-0.2, -0.15) is 0 Å². The Kier molecular flexibility index (Phi) is 6.24. The minimum absolute atomic E-state index is 0.271. The van der Waals surface area contributed by atoms with Crippen molar-refractivity contribution in [3.63, 3.8) is 0 Å². The lowest BCUT2D eigenvalue weighted by Gasteiger charge is -2.25. The fraction of sp³-hybridized carbons (Fsp3) is 0.750. The van der Waals surface area contributed by atoms with Crippen LogP contribution in [0.5, 0.6) is 0 Å². The van der Waals surface area contributed by atoms with Gasteiger partial charge in [0, 0.05) is 18.5 Å². The smallest absolute Gasteiger partial charge is 0.135 e. The minimum atomic E-state index is 0.271. The molecule has 0 bridgehead atoms. The van der Waals surface area contributed by atoms with E-state index in [1.165, 1.54) is 25.7 Å². The summed E-state index contributed by atoms with van der Waals surface area (Å²) >= 11 is 0. The quantitative estimate of drug-likeness (QED) is 0.699. The highest BCUT2D eigenvalue weighted by atomic mass is 15.1. The summed E-state index contributed by atoms with van der Waals surface area (Å²) in [5.74, 6) is 2.47. The van der Waals surface area contributed by atoms with Crippen LogP contribution in [0.3, 0.4) is 0 Å². The summed E-state index contributed by atoms with van der Waals surface area (Å²) in [5, 5.41) is 3.42. The number of hydrogen-bond acceptors (Lipinski definition) is 4. The van der Waals surface area contributed by atoms with Gasteiger partial charge in [0.15, 0.2) is 0 Å². The standard InChI is InChI=1S/C16H30N4/c1-6-7-8-9-16(4,5)11-18-14-10-13(17)19-15(20-14)12(2)3/h10,12H,6-9,11H2,1-5H3,(H3,17,18,19,20). The summed E-state index contributed by atoms with van der Waals surface area (Å²) in [6.45, 7) is 11.9. The number of hydrogen-bond donors (Lipinski definition) is 2. The van der Waals surface area contributed by atoms with E-state index >= 15 is 0 Å². The second kappa shape index (κ2) is 7.46. The van der Waals surface area contributed by atoms with Crippen LogP contribution in [0.25, 0.3) is 0 Å². The van der Waals surface area contributed by atoms with E-state index in [0.717, 1.165) is 18.2 Å². The molecule has 0 aliphatic carbocycles. The molecule has 0 aromatic carbocycles. The van der Waals surface area contributed by atoms with Crippen molar-refractivity contribution in [3.8, 4) is 0 Å². The van der Waals surface area contributed by atoms with Gasteiger partial charge in [0.25, 0.3) is 0 Å². The van der Waals surface area contributed by atoms with Crippen LogP contribution in [0.4, 0.5) is 11.6 Å². The van der Waals surface area contributed by atoms with E-state index in [9.17, 15) is 0 Å².